The molecule has 8 heteroatoms. The summed E-state index contributed by atoms with van der Waals surface area (Å²) in [7, 11) is 0. The van der Waals surface area contributed by atoms with Gasteiger partial charge in [-0.05, 0) is 49.3 Å². The molecule has 1 heterocycles. The number of thiophene rings is 1. The van der Waals surface area contributed by atoms with Crippen LogP contribution in [-0.2, 0) is 27.2 Å². The fraction of sp³-hybridized carbons (Fsp3) is 0.391. The smallest absolute Gasteiger partial charge is 0.329 e. The Balaban J connectivity index is 1.58. The molecule has 0 bridgehead atoms. The van der Waals surface area contributed by atoms with E-state index in [2.05, 4.69) is 16.7 Å². The average molecular weight is 440 g/mol. The summed E-state index contributed by atoms with van der Waals surface area (Å²) in [6.07, 6.45) is 3.87. The van der Waals surface area contributed by atoms with Crippen LogP contribution in [0, 0.1) is 17.2 Å². The van der Waals surface area contributed by atoms with E-state index in [0.29, 0.717) is 16.1 Å². The van der Waals surface area contributed by atoms with Crippen molar-refractivity contribution in [1.82, 2.24) is 5.32 Å². The highest BCUT2D eigenvalue weighted by Gasteiger charge is 2.27. The van der Waals surface area contributed by atoms with E-state index in [0.717, 1.165) is 36.1 Å². The van der Waals surface area contributed by atoms with Gasteiger partial charge in [-0.3, -0.25) is 9.59 Å². The lowest BCUT2D eigenvalue weighted by Gasteiger charge is -2.20. The zero-order valence-electron chi connectivity index (χ0n) is 17.6. The molecule has 1 aromatic heterocycles. The Morgan fingerprint density at radius 3 is 2.55 bits per heavy atom. The normalized spacial score (nSPS) is 13.6. The van der Waals surface area contributed by atoms with Crippen molar-refractivity contribution in [3.63, 3.8) is 0 Å². The number of nitriles is 1. The largest absolute Gasteiger partial charge is 0.454 e. The number of benzene rings is 1. The Morgan fingerprint density at radius 2 is 1.87 bits per heavy atom. The van der Waals surface area contributed by atoms with Gasteiger partial charge < -0.3 is 15.4 Å². The molecular formula is C23H25N3O4S. The Kier molecular flexibility index (Phi) is 7.42. The highest BCUT2D eigenvalue weighted by molar-refractivity contribution is 7.16. The van der Waals surface area contributed by atoms with Gasteiger partial charge in [0.15, 0.2) is 6.61 Å². The molecule has 0 unspecified atom stereocenters. The van der Waals surface area contributed by atoms with Gasteiger partial charge in [-0.1, -0.05) is 32.0 Å². The predicted molar refractivity (Wildman–Crippen MR) is 118 cm³/mol. The van der Waals surface area contributed by atoms with Crippen LogP contribution in [0.5, 0.6) is 0 Å². The number of carbonyl (C=O) groups excluding carboxylic acids is 3. The average Bonchev–Trinajstić information content (AvgIpc) is 3.12. The molecule has 162 valence electrons. The van der Waals surface area contributed by atoms with Crippen LogP contribution in [0.25, 0.3) is 0 Å². The molecule has 31 heavy (non-hydrogen) atoms. The number of hydrogen-bond donors (Lipinski definition) is 2. The second-order valence-electron chi connectivity index (χ2n) is 7.74. The molecule has 0 radical (unpaired) electrons. The van der Waals surface area contributed by atoms with Gasteiger partial charge in [0.2, 0.25) is 0 Å². The Morgan fingerprint density at radius 1 is 1.16 bits per heavy atom. The van der Waals surface area contributed by atoms with Crippen LogP contribution in [0.4, 0.5) is 5.00 Å². The summed E-state index contributed by atoms with van der Waals surface area (Å²) in [5.74, 6) is -1.80. The lowest BCUT2D eigenvalue weighted by atomic mass is 9.96. The van der Waals surface area contributed by atoms with E-state index in [9.17, 15) is 19.6 Å². The van der Waals surface area contributed by atoms with E-state index in [1.165, 1.54) is 11.3 Å². The zero-order valence-corrected chi connectivity index (χ0v) is 18.4. The molecule has 1 atom stereocenters. The highest BCUT2D eigenvalue weighted by Crippen LogP contribution is 2.37. The number of nitrogens with zero attached hydrogens (tertiary/aromatic N) is 1. The van der Waals surface area contributed by atoms with E-state index in [4.69, 9.17) is 4.74 Å². The molecule has 1 aliphatic rings. The Hall–Kier alpha value is -3.18. The second kappa shape index (κ2) is 10.2. The fourth-order valence-electron chi connectivity index (χ4n) is 3.47. The lowest BCUT2D eigenvalue weighted by molar-refractivity contribution is -0.150. The monoisotopic (exact) mass is 439 g/mol. The molecule has 2 aromatic rings. The van der Waals surface area contributed by atoms with E-state index in [-0.39, 0.29) is 11.8 Å². The van der Waals surface area contributed by atoms with Crippen LogP contribution < -0.4 is 10.6 Å². The molecule has 3 rings (SSSR count). The van der Waals surface area contributed by atoms with Gasteiger partial charge in [0.1, 0.15) is 17.1 Å². The van der Waals surface area contributed by atoms with Gasteiger partial charge in [-0.15, -0.1) is 11.3 Å². The minimum Gasteiger partial charge on any atom is -0.454 e. The molecule has 7 nitrogen and oxygen atoms in total. The van der Waals surface area contributed by atoms with Gasteiger partial charge in [0.25, 0.3) is 11.8 Å². The van der Waals surface area contributed by atoms with Crippen LogP contribution in [0.15, 0.2) is 30.3 Å². The maximum Gasteiger partial charge on any atom is 0.329 e. The summed E-state index contributed by atoms with van der Waals surface area (Å²) >= 11 is 1.41. The topological polar surface area (TPSA) is 108 Å². The summed E-state index contributed by atoms with van der Waals surface area (Å²) in [5.41, 5.74) is 1.97. The van der Waals surface area contributed by atoms with Gasteiger partial charge >= 0.3 is 5.97 Å². The lowest BCUT2D eigenvalue weighted by Crippen LogP contribution is -2.45. The first kappa shape index (κ1) is 22.5. The summed E-state index contributed by atoms with van der Waals surface area (Å²) in [6.45, 7) is 3.08. The first-order chi connectivity index (χ1) is 14.9. The number of anilines is 1. The summed E-state index contributed by atoms with van der Waals surface area (Å²) in [6, 6.07) is 9.87. The third-order valence-electron chi connectivity index (χ3n) is 5.12. The van der Waals surface area contributed by atoms with Gasteiger partial charge in [0.05, 0.1) is 5.56 Å². The first-order valence-electron chi connectivity index (χ1n) is 10.3. The van der Waals surface area contributed by atoms with E-state index in [1.807, 2.05) is 0 Å². The number of fused-ring (bicyclic) bond motifs is 1. The maximum atomic E-state index is 12.5. The van der Waals surface area contributed by atoms with Crippen LogP contribution in [0.3, 0.4) is 0 Å². The summed E-state index contributed by atoms with van der Waals surface area (Å²) in [5, 5.41) is 15.4. The SMILES string of the molecule is CC(C)[C@H](NC(=O)c1ccccc1)C(=O)OCC(=O)Nc1sc2c(c1C#N)CCCC2. The molecule has 0 saturated heterocycles. The van der Waals surface area contributed by atoms with Gasteiger partial charge in [-0.25, -0.2) is 4.79 Å². The molecule has 0 fully saturated rings. The highest BCUT2D eigenvalue weighted by atomic mass is 32.1. The van der Waals surface area contributed by atoms with Crippen molar-refractivity contribution in [2.24, 2.45) is 5.92 Å². The first-order valence-corrected chi connectivity index (χ1v) is 11.1. The molecular weight excluding hydrogens is 414 g/mol. The van der Waals surface area contributed by atoms with Crippen molar-refractivity contribution in [1.29, 1.82) is 5.26 Å². The van der Waals surface area contributed by atoms with Crippen molar-refractivity contribution in [3.8, 4) is 6.07 Å². The van der Waals surface area contributed by atoms with Gasteiger partial charge in [-0.2, -0.15) is 5.26 Å². The van der Waals surface area contributed by atoms with Crippen molar-refractivity contribution >= 4 is 34.1 Å². The molecule has 0 saturated carbocycles. The molecule has 0 aliphatic heterocycles. The van der Waals surface area contributed by atoms with Crippen LogP contribution in [0.2, 0.25) is 0 Å². The van der Waals surface area contributed by atoms with Crippen LogP contribution >= 0.6 is 11.3 Å². The third kappa shape index (κ3) is 5.50. The van der Waals surface area contributed by atoms with E-state index in [1.54, 1.807) is 44.2 Å². The minimum absolute atomic E-state index is 0.225. The van der Waals surface area contributed by atoms with Crippen molar-refractivity contribution in [3.05, 3.63) is 51.9 Å². The van der Waals surface area contributed by atoms with Crippen molar-refractivity contribution < 1.29 is 19.1 Å². The van der Waals surface area contributed by atoms with Crippen molar-refractivity contribution in [2.45, 2.75) is 45.6 Å². The number of hydrogen-bond acceptors (Lipinski definition) is 6. The molecule has 0 spiro atoms. The number of nitrogens with one attached hydrogen (secondary N) is 2. The number of esters is 1. The molecule has 2 N–H and O–H groups in total. The number of aryl methyl sites for hydroxylation is 1. The number of amides is 2. The van der Waals surface area contributed by atoms with Crippen LogP contribution in [-0.4, -0.2) is 30.4 Å². The Labute approximate surface area is 185 Å². The maximum absolute atomic E-state index is 12.5. The minimum atomic E-state index is -0.885. The summed E-state index contributed by atoms with van der Waals surface area (Å²) < 4.78 is 5.17. The van der Waals surface area contributed by atoms with Crippen molar-refractivity contribution in [2.75, 3.05) is 11.9 Å². The second-order valence-corrected chi connectivity index (χ2v) is 8.85. The fourth-order valence-corrected chi connectivity index (χ4v) is 4.73. The van der Waals surface area contributed by atoms with E-state index >= 15 is 0 Å². The molecule has 1 aromatic carbocycles. The molecule has 1 aliphatic carbocycles. The van der Waals surface area contributed by atoms with Crippen LogP contribution in [0.1, 0.15) is 53.1 Å². The number of carbonyl (C=O) groups is 3. The molecule has 2 amide bonds. The van der Waals surface area contributed by atoms with Gasteiger partial charge in [0, 0.05) is 10.4 Å². The number of ether oxygens (including phenoxy) is 1. The summed E-state index contributed by atoms with van der Waals surface area (Å²) in [4.78, 5) is 38.4. The zero-order chi connectivity index (χ0) is 22.4. The Bertz CT molecular complexity index is 1010. The third-order valence-corrected chi connectivity index (χ3v) is 6.33. The number of rotatable bonds is 7. The predicted octanol–water partition coefficient (Wildman–Crippen LogP) is 3.43. The quantitative estimate of drug-likeness (QED) is 0.643. The van der Waals surface area contributed by atoms with E-state index < -0.39 is 24.5 Å². The standard InChI is InChI=1S/C23H25N3O4S/c1-14(2)20(26-21(28)15-8-4-3-5-9-15)23(29)30-13-19(27)25-22-17(12-24)16-10-6-7-11-18(16)31-22/h3-5,8-9,14,20H,6-7,10-11,13H2,1-2H3,(H,25,27)(H,26,28)/t20-/m0/s1.